The van der Waals surface area contributed by atoms with Gasteiger partial charge >= 0.3 is 0 Å². The summed E-state index contributed by atoms with van der Waals surface area (Å²) in [4.78, 5) is 12.3. The van der Waals surface area contributed by atoms with Crippen molar-refractivity contribution in [2.24, 2.45) is 0 Å². The van der Waals surface area contributed by atoms with E-state index in [1.165, 1.54) is 4.68 Å². The number of halogens is 1. The van der Waals surface area contributed by atoms with E-state index in [2.05, 4.69) is 10.3 Å². The highest BCUT2D eigenvalue weighted by atomic mass is 35.5. The second-order valence-corrected chi connectivity index (χ2v) is 5.01. The largest absolute Gasteiger partial charge is 0.360 e. The van der Waals surface area contributed by atoms with Crippen LogP contribution in [-0.4, -0.2) is 14.9 Å². The van der Waals surface area contributed by atoms with E-state index in [1.807, 2.05) is 25.1 Å². The summed E-state index contributed by atoms with van der Waals surface area (Å²) in [5, 5.41) is 9.43. The minimum absolute atomic E-state index is 0.276. The van der Waals surface area contributed by atoms with Gasteiger partial charge in [-0.2, -0.15) is 5.10 Å². The van der Waals surface area contributed by atoms with Gasteiger partial charge in [0.2, 0.25) is 0 Å². The first kappa shape index (κ1) is 12.9. The van der Waals surface area contributed by atoms with E-state index in [1.54, 1.807) is 13.0 Å². The van der Waals surface area contributed by atoms with Crippen LogP contribution in [0.1, 0.15) is 17.0 Å². The molecule has 0 saturated heterocycles. The van der Waals surface area contributed by atoms with Crippen LogP contribution in [0, 0.1) is 13.8 Å². The van der Waals surface area contributed by atoms with Crippen molar-refractivity contribution in [3.05, 3.63) is 56.7 Å². The van der Waals surface area contributed by atoms with Gasteiger partial charge in [0.25, 0.3) is 5.56 Å². The number of hydrogen-bond donors (Lipinski definition) is 0. The van der Waals surface area contributed by atoms with Gasteiger partial charge in [-0.05, 0) is 25.5 Å². The molecule has 0 spiro atoms. The van der Waals surface area contributed by atoms with Crippen molar-refractivity contribution >= 4 is 22.5 Å². The van der Waals surface area contributed by atoms with Crippen molar-refractivity contribution in [2.45, 2.75) is 20.4 Å². The molecule has 0 unspecified atom stereocenters. The summed E-state index contributed by atoms with van der Waals surface area (Å²) in [5.74, 6) is 0.604. The number of aryl methyl sites for hydroxylation is 2. The minimum atomic E-state index is -0.276. The third kappa shape index (κ3) is 2.00. The number of rotatable bonds is 2. The first-order valence-electron chi connectivity index (χ1n) is 6.15. The smallest absolute Gasteiger partial charge is 0.297 e. The molecule has 0 radical (unpaired) electrons. The van der Waals surface area contributed by atoms with E-state index in [4.69, 9.17) is 16.1 Å². The number of benzene rings is 1. The van der Waals surface area contributed by atoms with Gasteiger partial charge in [-0.25, -0.2) is 4.68 Å². The number of aromatic nitrogens is 3. The van der Waals surface area contributed by atoms with Gasteiger partial charge in [-0.1, -0.05) is 35.0 Å². The highest BCUT2D eigenvalue weighted by Gasteiger charge is 2.15. The topological polar surface area (TPSA) is 60.9 Å². The van der Waals surface area contributed by atoms with Crippen LogP contribution in [0.3, 0.4) is 0 Å². The second kappa shape index (κ2) is 4.76. The number of hydrogen-bond acceptors (Lipinski definition) is 4. The van der Waals surface area contributed by atoms with Crippen molar-refractivity contribution in [2.75, 3.05) is 0 Å². The lowest BCUT2D eigenvalue weighted by Crippen LogP contribution is -2.24. The maximum atomic E-state index is 12.3. The maximum Gasteiger partial charge on any atom is 0.297 e. The molecule has 0 saturated carbocycles. The highest BCUT2D eigenvalue weighted by molar-refractivity contribution is 6.31. The van der Waals surface area contributed by atoms with Crippen LogP contribution >= 0.6 is 11.6 Å². The molecular formula is C14H12ClN3O2. The van der Waals surface area contributed by atoms with Crippen LogP contribution in [0.2, 0.25) is 5.02 Å². The Morgan fingerprint density at radius 2 is 2.05 bits per heavy atom. The summed E-state index contributed by atoms with van der Waals surface area (Å²) in [6.45, 7) is 3.90. The maximum absolute atomic E-state index is 12.3. The molecule has 2 aromatic heterocycles. The molecule has 1 aromatic carbocycles. The predicted molar refractivity (Wildman–Crippen MR) is 76.1 cm³/mol. The average Bonchev–Trinajstić information content (AvgIpc) is 2.81. The molecule has 0 aliphatic heterocycles. The molecule has 3 aromatic rings. The number of fused-ring (bicyclic) bond motifs is 1. The Kier molecular flexibility index (Phi) is 3.06. The Morgan fingerprint density at radius 1 is 1.30 bits per heavy atom. The summed E-state index contributed by atoms with van der Waals surface area (Å²) >= 11 is 6.11. The summed E-state index contributed by atoms with van der Waals surface area (Å²) in [7, 11) is 0. The molecule has 0 amide bonds. The van der Waals surface area contributed by atoms with E-state index in [-0.39, 0.29) is 5.56 Å². The van der Waals surface area contributed by atoms with E-state index >= 15 is 0 Å². The second-order valence-electron chi connectivity index (χ2n) is 4.60. The summed E-state index contributed by atoms with van der Waals surface area (Å²) < 4.78 is 6.44. The molecule has 6 heteroatoms. The average molecular weight is 290 g/mol. The van der Waals surface area contributed by atoms with Crippen LogP contribution in [0.25, 0.3) is 10.9 Å². The van der Waals surface area contributed by atoms with Gasteiger partial charge in [0.1, 0.15) is 5.76 Å². The third-order valence-electron chi connectivity index (χ3n) is 3.21. The molecule has 0 fully saturated rings. The molecule has 3 rings (SSSR count). The standard InChI is InChI=1S/C14H12ClN3O2/c1-8-12-9(2)20-17-13(12)14(19)18(16-8)7-10-5-3-4-6-11(10)15/h3-6H,7H2,1-2H3. The van der Waals surface area contributed by atoms with Gasteiger partial charge in [0.05, 0.1) is 17.6 Å². The molecule has 0 bridgehead atoms. The fourth-order valence-corrected chi connectivity index (χ4v) is 2.43. The number of nitrogens with zero attached hydrogens (tertiary/aromatic N) is 3. The monoisotopic (exact) mass is 289 g/mol. The Hall–Kier alpha value is -2.14. The van der Waals surface area contributed by atoms with E-state index < -0.39 is 0 Å². The van der Waals surface area contributed by atoms with Gasteiger partial charge in [-0.15, -0.1) is 0 Å². The summed E-state index contributed by atoms with van der Waals surface area (Å²) in [6, 6.07) is 7.37. The van der Waals surface area contributed by atoms with Crippen LogP contribution in [0.4, 0.5) is 0 Å². The summed E-state index contributed by atoms with van der Waals surface area (Å²) in [5.41, 5.74) is 1.58. The quantitative estimate of drug-likeness (QED) is 0.728. The van der Waals surface area contributed by atoms with Gasteiger partial charge in [0, 0.05) is 5.02 Å². The third-order valence-corrected chi connectivity index (χ3v) is 3.58. The zero-order valence-corrected chi connectivity index (χ0v) is 11.8. The molecule has 0 aliphatic rings. The van der Waals surface area contributed by atoms with Gasteiger partial charge in [-0.3, -0.25) is 4.79 Å². The molecule has 0 aliphatic carbocycles. The molecule has 20 heavy (non-hydrogen) atoms. The molecular weight excluding hydrogens is 278 g/mol. The lowest BCUT2D eigenvalue weighted by atomic mass is 10.2. The zero-order valence-electron chi connectivity index (χ0n) is 11.1. The van der Waals surface area contributed by atoms with Crippen molar-refractivity contribution < 1.29 is 4.52 Å². The molecule has 0 atom stereocenters. The van der Waals surface area contributed by atoms with E-state index in [9.17, 15) is 4.79 Å². The van der Waals surface area contributed by atoms with E-state index in [0.717, 1.165) is 5.56 Å². The van der Waals surface area contributed by atoms with Crippen molar-refractivity contribution in [3.63, 3.8) is 0 Å². The minimum Gasteiger partial charge on any atom is -0.360 e. The Balaban J connectivity index is 2.16. The normalized spacial score (nSPS) is 11.2. The molecule has 2 heterocycles. The molecule has 5 nitrogen and oxygen atoms in total. The Morgan fingerprint density at radius 3 is 2.80 bits per heavy atom. The van der Waals surface area contributed by atoms with Crippen LogP contribution in [0.15, 0.2) is 33.6 Å². The Labute approximate surface area is 119 Å². The van der Waals surface area contributed by atoms with Gasteiger partial charge in [0.15, 0.2) is 5.52 Å². The van der Waals surface area contributed by atoms with Crippen LogP contribution in [-0.2, 0) is 6.54 Å². The highest BCUT2D eigenvalue weighted by Crippen LogP contribution is 2.18. The fraction of sp³-hybridized carbons (Fsp3) is 0.214. The first-order chi connectivity index (χ1) is 9.58. The SMILES string of the molecule is Cc1nn(Cc2ccccc2Cl)c(=O)c2noc(C)c12. The fourth-order valence-electron chi connectivity index (χ4n) is 2.24. The van der Waals surface area contributed by atoms with Gasteiger partial charge < -0.3 is 4.52 Å². The lowest BCUT2D eigenvalue weighted by molar-refractivity contribution is 0.405. The Bertz CT molecular complexity index is 851. The van der Waals surface area contributed by atoms with Crippen LogP contribution < -0.4 is 5.56 Å². The first-order valence-corrected chi connectivity index (χ1v) is 6.53. The van der Waals surface area contributed by atoms with Crippen molar-refractivity contribution in [1.82, 2.24) is 14.9 Å². The molecule has 102 valence electrons. The lowest BCUT2D eigenvalue weighted by Gasteiger charge is -2.07. The predicted octanol–water partition coefficient (Wildman–Crippen LogP) is 2.70. The molecule has 0 N–H and O–H groups in total. The summed E-state index contributed by atoms with van der Waals surface area (Å²) in [6.07, 6.45) is 0. The van der Waals surface area contributed by atoms with Crippen molar-refractivity contribution in [1.29, 1.82) is 0 Å². The van der Waals surface area contributed by atoms with E-state index in [0.29, 0.717) is 33.9 Å². The van der Waals surface area contributed by atoms with Crippen molar-refractivity contribution in [3.8, 4) is 0 Å². The zero-order chi connectivity index (χ0) is 14.3. The van der Waals surface area contributed by atoms with Crippen LogP contribution in [0.5, 0.6) is 0 Å².